The monoisotopic (exact) mass is 284 g/mol. The number of nitrogens with zero attached hydrogens (tertiary/aromatic N) is 1. The quantitative estimate of drug-likeness (QED) is 0.607. The van der Waals surface area contributed by atoms with Crippen LogP contribution in [0.5, 0.6) is 0 Å². The van der Waals surface area contributed by atoms with E-state index in [2.05, 4.69) is 20.9 Å². The van der Waals surface area contributed by atoms with Crippen LogP contribution in [-0.2, 0) is 9.59 Å². The van der Waals surface area contributed by atoms with Gasteiger partial charge in [0.15, 0.2) is 0 Å². The van der Waals surface area contributed by atoms with Crippen molar-refractivity contribution in [2.45, 2.75) is 12.1 Å². The topological polar surface area (TPSA) is 103 Å². The predicted molar refractivity (Wildman–Crippen MR) is 69.1 cm³/mol. The molecule has 1 aliphatic rings. The molecule has 2 rings (SSSR count). The number of hydrogen-bond donors (Lipinski definition) is 4. The van der Waals surface area contributed by atoms with E-state index in [1.165, 1.54) is 6.20 Å². The third-order valence-electron chi connectivity index (χ3n) is 2.71. The molecule has 1 saturated heterocycles. The number of carboxylic acids is 1. The fourth-order valence-corrected chi connectivity index (χ4v) is 1.93. The highest BCUT2D eigenvalue weighted by Gasteiger charge is 2.35. The summed E-state index contributed by atoms with van der Waals surface area (Å²) in [6.45, 7) is 1.02. The number of halogens is 1. The number of aliphatic carboxylic acids is 1. The summed E-state index contributed by atoms with van der Waals surface area (Å²) in [5, 5.41) is 17.7. The summed E-state index contributed by atoms with van der Waals surface area (Å²) < 4.78 is 0. The van der Waals surface area contributed by atoms with Gasteiger partial charge in [0, 0.05) is 19.3 Å². The second-order valence-electron chi connectivity index (χ2n) is 4.05. The zero-order valence-corrected chi connectivity index (χ0v) is 10.6. The van der Waals surface area contributed by atoms with Gasteiger partial charge in [0.1, 0.15) is 17.9 Å². The van der Waals surface area contributed by atoms with E-state index in [1.807, 2.05) is 0 Å². The molecule has 2 heterocycles. The van der Waals surface area contributed by atoms with E-state index >= 15 is 0 Å². The smallest absolute Gasteiger partial charge is 0.322 e. The molecule has 0 saturated carbocycles. The number of rotatable bonds is 3. The molecule has 8 heteroatoms. The van der Waals surface area contributed by atoms with Crippen LogP contribution in [0, 0.1) is 0 Å². The average Bonchev–Trinajstić information content (AvgIpc) is 2.41. The van der Waals surface area contributed by atoms with Crippen LogP contribution in [0.2, 0.25) is 5.02 Å². The van der Waals surface area contributed by atoms with Gasteiger partial charge in [-0.1, -0.05) is 11.6 Å². The number of aromatic nitrogens is 1. The van der Waals surface area contributed by atoms with Crippen molar-refractivity contribution < 1.29 is 14.7 Å². The van der Waals surface area contributed by atoms with Crippen molar-refractivity contribution in [3.63, 3.8) is 0 Å². The summed E-state index contributed by atoms with van der Waals surface area (Å²) in [5.41, 5.74) is 0. The van der Waals surface area contributed by atoms with Crippen molar-refractivity contribution in [2.75, 3.05) is 18.4 Å². The molecule has 0 aromatic carbocycles. The van der Waals surface area contributed by atoms with Gasteiger partial charge in [-0.2, -0.15) is 0 Å². The molecule has 1 aromatic heterocycles. The Morgan fingerprint density at radius 3 is 2.58 bits per heavy atom. The van der Waals surface area contributed by atoms with Gasteiger partial charge in [0.05, 0.1) is 5.02 Å². The molecule has 1 fully saturated rings. The Balaban J connectivity index is 2.05. The third kappa shape index (κ3) is 3.40. The zero-order valence-electron chi connectivity index (χ0n) is 9.89. The Labute approximate surface area is 114 Å². The largest absolute Gasteiger partial charge is 0.480 e. The highest BCUT2D eigenvalue weighted by molar-refractivity contribution is 6.30. The van der Waals surface area contributed by atoms with Crippen LogP contribution in [0.25, 0.3) is 0 Å². The van der Waals surface area contributed by atoms with E-state index in [4.69, 9.17) is 16.7 Å². The lowest BCUT2D eigenvalue weighted by Gasteiger charge is -2.29. The number of carbonyl (C=O) groups is 2. The Morgan fingerprint density at radius 2 is 2.00 bits per heavy atom. The summed E-state index contributed by atoms with van der Waals surface area (Å²) in [7, 11) is 0. The molecule has 102 valence electrons. The molecular formula is C11H13ClN4O3. The molecule has 0 aliphatic carbocycles. The molecule has 1 aliphatic heterocycles. The lowest BCUT2D eigenvalue weighted by Crippen LogP contribution is -2.63. The van der Waals surface area contributed by atoms with Crippen LogP contribution >= 0.6 is 11.6 Å². The fourth-order valence-electron chi connectivity index (χ4n) is 1.82. The summed E-state index contributed by atoms with van der Waals surface area (Å²) >= 11 is 5.69. The SMILES string of the molecule is O=C(O)C1NCCNC1C(=O)Nc1ccc(Cl)cn1. The number of anilines is 1. The summed E-state index contributed by atoms with van der Waals surface area (Å²) in [6.07, 6.45) is 1.40. The minimum absolute atomic E-state index is 0.325. The van der Waals surface area contributed by atoms with E-state index in [1.54, 1.807) is 12.1 Å². The lowest BCUT2D eigenvalue weighted by atomic mass is 10.1. The molecule has 0 radical (unpaired) electrons. The van der Waals surface area contributed by atoms with Gasteiger partial charge in [-0.15, -0.1) is 0 Å². The van der Waals surface area contributed by atoms with Gasteiger partial charge in [-0.25, -0.2) is 4.98 Å². The summed E-state index contributed by atoms with van der Waals surface area (Å²) in [5.74, 6) is -1.20. The van der Waals surface area contributed by atoms with Crippen molar-refractivity contribution in [2.24, 2.45) is 0 Å². The second kappa shape index (κ2) is 5.96. The Hall–Kier alpha value is -1.70. The predicted octanol–water partition coefficient (Wildman–Crippen LogP) is -0.312. The van der Waals surface area contributed by atoms with Gasteiger partial charge < -0.3 is 21.1 Å². The lowest BCUT2D eigenvalue weighted by molar-refractivity contribution is -0.142. The fraction of sp³-hybridized carbons (Fsp3) is 0.364. The first-order valence-electron chi connectivity index (χ1n) is 5.70. The van der Waals surface area contributed by atoms with Gasteiger partial charge in [0.2, 0.25) is 5.91 Å². The zero-order chi connectivity index (χ0) is 13.8. The van der Waals surface area contributed by atoms with Gasteiger partial charge >= 0.3 is 5.97 Å². The van der Waals surface area contributed by atoms with E-state index in [-0.39, 0.29) is 0 Å². The first-order valence-corrected chi connectivity index (χ1v) is 6.08. The minimum Gasteiger partial charge on any atom is -0.480 e. The van der Waals surface area contributed by atoms with Crippen LogP contribution in [0.3, 0.4) is 0 Å². The Kier molecular flexibility index (Phi) is 4.31. The molecule has 1 aromatic rings. The van der Waals surface area contributed by atoms with Crippen molar-refractivity contribution in [3.8, 4) is 0 Å². The van der Waals surface area contributed by atoms with Crippen LogP contribution in [-0.4, -0.2) is 47.1 Å². The Morgan fingerprint density at radius 1 is 1.32 bits per heavy atom. The molecule has 1 amide bonds. The molecular weight excluding hydrogens is 272 g/mol. The van der Waals surface area contributed by atoms with Crippen LogP contribution < -0.4 is 16.0 Å². The molecule has 19 heavy (non-hydrogen) atoms. The summed E-state index contributed by atoms with van der Waals surface area (Å²) in [6, 6.07) is 1.34. The number of hydrogen-bond acceptors (Lipinski definition) is 5. The van der Waals surface area contributed by atoms with Gasteiger partial charge in [-0.05, 0) is 12.1 Å². The van der Waals surface area contributed by atoms with Gasteiger partial charge in [-0.3, -0.25) is 9.59 Å². The average molecular weight is 285 g/mol. The molecule has 2 atom stereocenters. The number of carboxylic acid groups (broad SMARTS) is 1. The molecule has 0 bridgehead atoms. The maximum Gasteiger partial charge on any atom is 0.322 e. The number of pyridine rings is 1. The van der Waals surface area contributed by atoms with Crippen molar-refractivity contribution >= 4 is 29.3 Å². The van der Waals surface area contributed by atoms with Crippen LogP contribution in [0.1, 0.15) is 0 Å². The minimum atomic E-state index is -1.07. The number of piperazine rings is 1. The number of nitrogens with one attached hydrogen (secondary N) is 3. The summed E-state index contributed by atoms with van der Waals surface area (Å²) in [4.78, 5) is 27.0. The van der Waals surface area contributed by atoms with E-state index in [0.29, 0.717) is 23.9 Å². The van der Waals surface area contributed by atoms with Crippen molar-refractivity contribution in [1.29, 1.82) is 0 Å². The first kappa shape index (κ1) is 13.7. The first-order chi connectivity index (χ1) is 9.08. The molecule has 7 nitrogen and oxygen atoms in total. The third-order valence-corrected chi connectivity index (χ3v) is 2.94. The van der Waals surface area contributed by atoms with E-state index in [0.717, 1.165) is 0 Å². The van der Waals surface area contributed by atoms with E-state index in [9.17, 15) is 9.59 Å². The van der Waals surface area contributed by atoms with E-state index < -0.39 is 24.0 Å². The molecule has 4 N–H and O–H groups in total. The maximum absolute atomic E-state index is 12.0. The van der Waals surface area contributed by atoms with Crippen LogP contribution in [0.15, 0.2) is 18.3 Å². The highest BCUT2D eigenvalue weighted by atomic mass is 35.5. The maximum atomic E-state index is 12.0. The second-order valence-corrected chi connectivity index (χ2v) is 4.49. The normalized spacial score (nSPS) is 22.8. The van der Waals surface area contributed by atoms with Gasteiger partial charge in [0.25, 0.3) is 0 Å². The standard InChI is InChI=1S/C11H13ClN4O3/c12-6-1-2-7(15-5-6)16-10(17)8-9(11(18)19)14-4-3-13-8/h1-2,5,8-9,13-14H,3-4H2,(H,18,19)(H,15,16,17). The molecule has 2 unspecified atom stereocenters. The highest BCUT2D eigenvalue weighted by Crippen LogP contribution is 2.10. The number of carbonyl (C=O) groups excluding carboxylic acids is 1. The Bertz CT molecular complexity index is 479. The van der Waals surface area contributed by atoms with Crippen LogP contribution in [0.4, 0.5) is 5.82 Å². The number of amides is 1. The van der Waals surface area contributed by atoms with Crippen molar-refractivity contribution in [1.82, 2.24) is 15.6 Å². The molecule has 0 spiro atoms. The van der Waals surface area contributed by atoms with Crippen molar-refractivity contribution in [3.05, 3.63) is 23.4 Å².